The zero-order valence-electron chi connectivity index (χ0n) is 16.0. The highest BCUT2D eigenvalue weighted by atomic mass is 16.5. The first-order valence-corrected chi connectivity index (χ1v) is 9.08. The lowest BCUT2D eigenvalue weighted by atomic mass is 10.1. The fraction of sp³-hybridized carbons (Fsp3) is 0.526. The van der Waals surface area contributed by atoms with Crippen LogP contribution >= 0.6 is 0 Å². The molecular formula is C19H27N3O5. The maximum absolute atomic E-state index is 12.8. The first-order valence-electron chi connectivity index (χ1n) is 9.08. The molecule has 1 aromatic carbocycles. The third-order valence-electron chi connectivity index (χ3n) is 4.71. The minimum atomic E-state index is -0.613. The van der Waals surface area contributed by atoms with E-state index in [1.165, 1.54) is 36.3 Å². The summed E-state index contributed by atoms with van der Waals surface area (Å²) in [6.45, 7) is 5.04. The lowest BCUT2D eigenvalue weighted by Gasteiger charge is -2.28. The number of hydrogen-bond donors (Lipinski definition) is 2. The Labute approximate surface area is 159 Å². The number of aromatic hydroxyl groups is 1. The molecule has 1 heterocycles. The number of likely N-dealkylation sites (tertiary alicyclic amines) is 1. The van der Waals surface area contributed by atoms with E-state index in [-0.39, 0.29) is 42.7 Å². The van der Waals surface area contributed by atoms with E-state index in [4.69, 9.17) is 4.74 Å². The first-order chi connectivity index (χ1) is 12.9. The molecule has 2 atom stereocenters. The first kappa shape index (κ1) is 20.7. The van der Waals surface area contributed by atoms with Crippen molar-refractivity contribution in [2.75, 3.05) is 33.4 Å². The van der Waals surface area contributed by atoms with E-state index < -0.39 is 6.04 Å². The Morgan fingerprint density at radius 2 is 1.85 bits per heavy atom. The number of carbonyl (C=O) groups excluding carboxylic acids is 3. The molecular weight excluding hydrogens is 350 g/mol. The highest BCUT2D eigenvalue weighted by Gasteiger charge is 2.41. The quantitative estimate of drug-likeness (QED) is 0.725. The van der Waals surface area contributed by atoms with Gasteiger partial charge < -0.3 is 25.0 Å². The Kier molecular flexibility index (Phi) is 7.18. The number of likely N-dealkylation sites (N-methyl/N-ethyl adjacent to an activating group) is 1. The van der Waals surface area contributed by atoms with Crippen molar-refractivity contribution in [3.8, 4) is 5.75 Å². The van der Waals surface area contributed by atoms with Crippen LogP contribution in [0.1, 0.15) is 30.6 Å². The number of hydrogen-bond acceptors (Lipinski definition) is 5. The number of nitrogens with zero attached hydrogens (tertiary/aromatic N) is 2. The van der Waals surface area contributed by atoms with Gasteiger partial charge in [-0.2, -0.15) is 0 Å². The van der Waals surface area contributed by atoms with Crippen molar-refractivity contribution in [2.45, 2.75) is 32.4 Å². The molecule has 0 aliphatic carbocycles. The van der Waals surface area contributed by atoms with Gasteiger partial charge in [0.2, 0.25) is 11.8 Å². The Bertz CT molecular complexity index is 672. The number of nitrogens with one attached hydrogen (secondary N) is 1. The average molecular weight is 377 g/mol. The van der Waals surface area contributed by atoms with Gasteiger partial charge >= 0.3 is 0 Å². The summed E-state index contributed by atoms with van der Waals surface area (Å²) in [5.74, 6) is -0.626. The number of ether oxygens (including phenoxy) is 1. The summed E-state index contributed by atoms with van der Waals surface area (Å²) in [5.41, 5.74) is 0.404. The van der Waals surface area contributed by atoms with Crippen LogP contribution in [-0.2, 0) is 14.3 Å². The van der Waals surface area contributed by atoms with Crippen LogP contribution in [-0.4, -0.2) is 78.1 Å². The molecule has 0 spiro atoms. The van der Waals surface area contributed by atoms with Gasteiger partial charge in [0.15, 0.2) is 0 Å². The van der Waals surface area contributed by atoms with Gasteiger partial charge in [0, 0.05) is 38.3 Å². The maximum Gasteiger partial charge on any atom is 0.251 e. The van der Waals surface area contributed by atoms with Crippen LogP contribution < -0.4 is 5.32 Å². The highest BCUT2D eigenvalue weighted by Crippen LogP contribution is 2.21. The van der Waals surface area contributed by atoms with Gasteiger partial charge in [-0.15, -0.1) is 0 Å². The van der Waals surface area contributed by atoms with Crippen LogP contribution in [0.25, 0.3) is 0 Å². The SMILES string of the molecule is CCN(CC)C(=O)[C@@H]1C[C@H](NC(=O)c2ccc(O)cc2)CN1C(=O)COC. The van der Waals surface area contributed by atoms with E-state index in [0.717, 1.165) is 0 Å². The summed E-state index contributed by atoms with van der Waals surface area (Å²) >= 11 is 0. The molecule has 0 bridgehead atoms. The zero-order chi connectivity index (χ0) is 20.0. The molecule has 2 rings (SSSR count). The summed E-state index contributed by atoms with van der Waals surface area (Å²) in [4.78, 5) is 40.8. The molecule has 1 saturated heterocycles. The second-order valence-electron chi connectivity index (χ2n) is 6.46. The van der Waals surface area contributed by atoms with E-state index in [1.54, 1.807) is 4.90 Å². The van der Waals surface area contributed by atoms with E-state index >= 15 is 0 Å². The van der Waals surface area contributed by atoms with Crippen molar-refractivity contribution >= 4 is 17.7 Å². The molecule has 27 heavy (non-hydrogen) atoms. The lowest BCUT2D eigenvalue weighted by Crippen LogP contribution is -2.48. The summed E-state index contributed by atoms with van der Waals surface area (Å²) < 4.78 is 4.93. The van der Waals surface area contributed by atoms with E-state index in [2.05, 4.69) is 5.32 Å². The molecule has 1 aliphatic heterocycles. The fourth-order valence-corrected chi connectivity index (χ4v) is 3.28. The van der Waals surface area contributed by atoms with Gasteiger partial charge in [0.25, 0.3) is 5.91 Å². The molecule has 0 radical (unpaired) electrons. The summed E-state index contributed by atoms with van der Waals surface area (Å²) in [5, 5.41) is 12.2. The van der Waals surface area contributed by atoms with Crippen molar-refractivity contribution in [2.24, 2.45) is 0 Å². The second-order valence-corrected chi connectivity index (χ2v) is 6.46. The molecule has 1 aromatic rings. The number of phenolic OH excluding ortho intramolecular Hbond substituents is 1. The van der Waals surface area contributed by atoms with Gasteiger partial charge in [-0.05, 0) is 44.5 Å². The fourth-order valence-electron chi connectivity index (χ4n) is 3.28. The Morgan fingerprint density at radius 1 is 1.22 bits per heavy atom. The lowest BCUT2D eigenvalue weighted by molar-refractivity contribution is -0.145. The zero-order valence-corrected chi connectivity index (χ0v) is 16.0. The number of benzene rings is 1. The minimum absolute atomic E-state index is 0.0774. The smallest absolute Gasteiger partial charge is 0.251 e. The largest absolute Gasteiger partial charge is 0.508 e. The number of carbonyl (C=O) groups is 3. The molecule has 8 heteroatoms. The Hall–Kier alpha value is -2.61. The van der Waals surface area contributed by atoms with Gasteiger partial charge in [-0.25, -0.2) is 0 Å². The Balaban J connectivity index is 2.12. The molecule has 1 fully saturated rings. The van der Waals surface area contributed by atoms with Crippen molar-refractivity contribution < 1.29 is 24.2 Å². The average Bonchev–Trinajstić information content (AvgIpc) is 3.07. The number of rotatable bonds is 7. The molecule has 1 aliphatic rings. The standard InChI is InChI=1S/C19H27N3O5/c1-4-21(5-2)19(26)16-10-14(11-22(16)17(24)12-27-3)20-18(25)13-6-8-15(23)9-7-13/h6-9,14,16,23H,4-5,10-12H2,1-3H3,(H,20,25)/t14-,16-/m0/s1. The van der Waals surface area contributed by atoms with Crippen LogP contribution in [0.3, 0.4) is 0 Å². The normalized spacial score (nSPS) is 19.0. The highest BCUT2D eigenvalue weighted by molar-refractivity contribution is 5.95. The number of amides is 3. The monoisotopic (exact) mass is 377 g/mol. The van der Waals surface area contributed by atoms with Crippen LogP contribution in [0.4, 0.5) is 0 Å². The van der Waals surface area contributed by atoms with Crippen molar-refractivity contribution in [1.82, 2.24) is 15.1 Å². The molecule has 3 amide bonds. The topological polar surface area (TPSA) is 99.2 Å². The summed E-state index contributed by atoms with van der Waals surface area (Å²) in [6.07, 6.45) is 0.356. The van der Waals surface area contributed by atoms with E-state index in [1.807, 2.05) is 13.8 Å². The Morgan fingerprint density at radius 3 is 2.41 bits per heavy atom. The third-order valence-corrected chi connectivity index (χ3v) is 4.71. The minimum Gasteiger partial charge on any atom is -0.508 e. The molecule has 8 nitrogen and oxygen atoms in total. The van der Waals surface area contributed by atoms with Crippen LogP contribution in [0.2, 0.25) is 0 Å². The number of phenols is 1. The third kappa shape index (κ3) is 4.97. The summed E-state index contributed by atoms with van der Waals surface area (Å²) in [6, 6.07) is 4.96. The van der Waals surface area contributed by atoms with Gasteiger partial charge in [-0.1, -0.05) is 0 Å². The molecule has 2 N–H and O–H groups in total. The molecule has 0 aromatic heterocycles. The molecule has 0 saturated carbocycles. The van der Waals surface area contributed by atoms with Crippen molar-refractivity contribution in [3.63, 3.8) is 0 Å². The molecule has 0 unspecified atom stereocenters. The second kappa shape index (κ2) is 9.36. The summed E-state index contributed by atoms with van der Waals surface area (Å²) in [7, 11) is 1.43. The maximum atomic E-state index is 12.8. The van der Waals surface area contributed by atoms with Gasteiger partial charge in [0.1, 0.15) is 18.4 Å². The van der Waals surface area contributed by atoms with Gasteiger partial charge in [-0.3, -0.25) is 14.4 Å². The van der Waals surface area contributed by atoms with Gasteiger partial charge in [0.05, 0.1) is 0 Å². The van der Waals surface area contributed by atoms with E-state index in [0.29, 0.717) is 25.1 Å². The number of methoxy groups -OCH3 is 1. The predicted octanol–water partition coefficient (Wildman–Crippen LogP) is 0.606. The molecule has 148 valence electrons. The van der Waals surface area contributed by atoms with Crippen LogP contribution in [0.15, 0.2) is 24.3 Å². The predicted molar refractivity (Wildman–Crippen MR) is 99.3 cm³/mol. The van der Waals surface area contributed by atoms with E-state index in [9.17, 15) is 19.5 Å². The van der Waals surface area contributed by atoms with Crippen molar-refractivity contribution in [1.29, 1.82) is 0 Å². The van der Waals surface area contributed by atoms with Crippen LogP contribution in [0.5, 0.6) is 5.75 Å². The van der Waals surface area contributed by atoms with Crippen molar-refractivity contribution in [3.05, 3.63) is 29.8 Å². The van der Waals surface area contributed by atoms with Crippen LogP contribution in [0, 0.1) is 0 Å².